The number of carboxylic acids is 1. The summed E-state index contributed by atoms with van der Waals surface area (Å²) >= 11 is -1.94. The molecule has 13 heteroatoms. The SMILES string of the molecule is CC(=O)N/C=C/[S+]([O-])C1=C(C(=O)O)N2C(=O)[C@@H](C(C)(C)OS(=O)(=O)O)[C@H]2C1. The Kier molecular flexibility index (Phi) is 5.73. The van der Waals surface area contributed by atoms with Crippen LogP contribution in [0, 0.1) is 5.92 Å². The van der Waals surface area contributed by atoms with Crippen molar-refractivity contribution in [3.05, 3.63) is 22.2 Å². The third-order valence-corrected chi connectivity index (χ3v) is 5.98. The van der Waals surface area contributed by atoms with Gasteiger partial charge in [-0.05, 0) is 13.8 Å². The number of hydrogen-bond donors (Lipinski definition) is 3. The highest BCUT2D eigenvalue weighted by molar-refractivity contribution is 7.98. The molecule has 0 radical (unpaired) electrons. The van der Waals surface area contributed by atoms with Crippen LogP contribution in [0.4, 0.5) is 0 Å². The second kappa shape index (κ2) is 7.24. The number of aliphatic carboxylic acids is 1. The third kappa shape index (κ3) is 4.32. The second-order valence-corrected chi connectivity index (χ2v) is 8.83. The van der Waals surface area contributed by atoms with E-state index in [2.05, 4.69) is 9.50 Å². The molecule has 0 aromatic rings. The Morgan fingerprint density at radius 2 is 2.04 bits per heavy atom. The van der Waals surface area contributed by atoms with E-state index >= 15 is 0 Å². The molecule has 27 heavy (non-hydrogen) atoms. The van der Waals surface area contributed by atoms with Gasteiger partial charge in [0.1, 0.15) is 5.41 Å². The standard InChI is InChI=1S/C14H18N2O9S2/c1-7(17)15-4-5-26(21)9-6-8-10(14(2,3)25-27(22,23)24)12(18)16(8)11(9)13(19)20/h4-5,8,10H,6H2,1-3H3,(H,15,17)(H,19,20)(H,22,23,24)/b5-4+/t8-,10+,26?/m1/s1. The lowest BCUT2D eigenvalue weighted by Gasteiger charge is -2.48. The van der Waals surface area contributed by atoms with Crippen molar-refractivity contribution >= 4 is 39.4 Å². The van der Waals surface area contributed by atoms with E-state index < -0.39 is 62.6 Å². The largest absolute Gasteiger partial charge is 0.607 e. The first-order chi connectivity index (χ1) is 12.3. The summed E-state index contributed by atoms with van der Waals surface area (Å²) < 4.78 is 47.9. The minimum absolute atomic E-state index is 0.0485. The molecule has 2 rings (SSSR count). The smallest absolute Gasteiger partial charge is 0.397 e. The average molecular weight is 422 g/mol. The summed E-state index contributed by atoms with van der Waals surface area (Å²) in [5, 5.41) is 12.8. The predicted octanol–water partition coefficient (Wildman–Crippen LogP) is -0.533. The minimum Gasteiger partial charge on any atom is -0.607 e. The topological polar surface area (TPSA) is 173 Å². The molecule has 0 saturated carbocycles. The Morgan fingerprint density at radius 3 is 2.52 bits per heavy atom. The van der Waals surface area contributed by atoms with Crippen molar-refractivity contribution in [2.75, 3.05) is 0 Å². The maximum Gasteiger partial charge on any atom is 0.397 e. The van der Waals surface area contributed by atoms with Gasteiger partial charge in [0.2, 0.25) is 11.8 Å². The number of nitrogens with zero attached hydrogens (tertiary/aromatic N) is 1. The van der Waals surface area contributed by atoms with Crippen LogP contribution in [-0.4, -0.2) is 57.0 Å². The summed E-state index contributed by atoms with van der Waals surface area (Å²) in [6.45, 7) is 3.77. The van der Waals surface area contributed by atoms with Crippen LogP contribution in [0.2, 0.25) is 0 Å². The molecule has 1 saturated heterocycles. The van der Waals surface area contributed by atoms with E-state index in [1.54, 1.807) is 0 Å². The van der Waals surface area contributed by atoms with E-state index in [4.69, 9.17) is 4.55 Å². The van der Waals surface area contributed by atoms with Crippen LogP contribution in [0.1, 0.15) is 27.2 Å². The summed E-state index contributed by atoms with van der Waals surface area (Å²) in [6.07, 6.45) is 1.01. The lowest BCUT2D eigenvalue weighted by Crippen LogP contribution is -2.66. The first-order valence-corrected chi connectivity index (χ1v) is 10.2. The zero-order valence-corrected chi connectivity index (χ0v) is 16.2. The molecule has 3 atom stereocenters. The van der Waals surface area contributed by atoms with Crippen LogP contribution in [0.25, 0.3) is 0 Å². The van der Waals surface area contributed by atoms with Crippen LogP contribution < -0.4 is 5.32 Å². The zero-order chi connectivity index (χ0) is 20.7. The molecule has 2 aliphatic heterocycles. The first-order valence-electron chi connectivity index (χ1n) is 7.58. The third-order valence-electron chi connectivity index (χ3n) is 4.11. The molecule has 0 aromatic carbocycles. The summed E-state index contributed by atoms with van der Waals surface area (Å²) in [5.41, 5.74) is -2.09. The van der Waals surface area contributed by atoms with Gasteiger partial charge in [-0.15, -0.1) is 0 Å². The normalized spacial score (nSPS) is 24.0. The van der Waals surface area contributed by atoms with Gasteiger partial charge >= 0.3 is 16.4 Å². The van der Waals surface area contributed by atoms with Gasteiger partial charge in [-0.3, -0.25) is 19.0 Å². The van der Waals surface area contributed by atoms with E-state index in [-0.39, 0.29) is 11.3 Å². The van der Waals surface area contributed by atoms with Crippen molar-refractivity contribution in [2.45, 2.75) is 38.8 Å². The molecule has 1 unspecified atom stereocenters. The molecular weight excluding hydrogens is 404 g/mol. The van der Waals surface area contributed by atoms with Gasteiger partial charge in [0.15, 0.2) is 10.6 Å². The van der Waals surface area contributed by atoms with Crippen molar-refractivity contribution in [1.82, 2.24) is 10.2 Å². The molecule has 2 aliphatic rings. The molecule has 2 amide bonds. The van der Waals surface area contributed by atoms with Crippen molar-refractivity contribution < 1.29 is 41.2 Å². The fourth-order valence-electron chi connectivity index (χ4n) is 3.23. The van der Waals surface area contributed by atoms with Crippen LogP contribution in [0.5, 0.6) is 0 Å². The summed E-state index contributed by atoms with van der Waals surface area (Å²) in [5.74, 6) is -3.66. The Hall–Kier alpha value is -1.93. The lowest BCUT2D eigenvalue weighted by atomic mass is 9.76. The van der Waals surface area contributed by atoms with Crippen LogP contribution in [0.15, 0.2) is 22.2 Å². The van der Waals surface area contributed by atoms with Crippen LogP contribution in [-0.2, 0) is 40.1 Å². The number of fused-ring (bicyclic) bond motifs is 1. The maximum absolute atomic E-state index is 12.5. The molecule has 0 spiro atoms. The molecule has 11 nitrogen and oxygen atoms in total. The molecule has 1 fully saturated rings. The molecule has 0 aromatic heterocycles. The highest BCUT2D eigenvalue weighted by Crippen LogP contribution is 2.49. The fraction of sp³-hybridized carbons (Fsp3) is 0.500. The second-order valence-electron chi connectivity index (χ2n) is 6.45. The Balaban J connectivity index is 2.29. The van der Waals surface area contributed by atoms with Crippen molar-refractivity contribution in [3.63, 3.8) is 0 Å². The Labute approximate surface area is 158 Å². The molecule has 150 valence electrons. The number of carbonyl (C=O) groups is 3. The average Bonchev–Trinajstić information content (AvgIpc) is 2.78. The molecule has 2 heterocycles. The molecule has 0 aliphatic carbocycles. The van der Waals surface area contributed by atoms with Gasteiger partial charge in [-0.1, -0.05) is 0 Å². The van der Waals surface area contributed by atoms with Crippen LogP contribution >= 0.6 is 0 Å². The molecule has 0 bridgehead atoms. The quantitative estimate of drug-likeness (QED) is 0.277. The number of amides is 2. The fourth-order valence-corrected chi connectivity index (χ4v) is 4.94. The number of carboxylic acid groups (broad SMARTS) is 1. The van der Waals surface area contributed by atoms with E-state index in [0.717, 1.165) is 16.5 Å². The maximum atomic E-state index is 12.5. The number of hydrogen-bond acceptors (Lipinski definition) is 7. The first kappa shape index (κ1) is 21.4. The molecular formula is C14H18N2O9S2. The number of carbonyl (C=O) groups excluding carboxylic acids is 2. The van der Waals surface area contributed by atoms with Gasteiger partial charge in [0, 0.05) is 24.5 Å². The highest BCUT2D eigenvalue weighted by atomic mass is 32.3. The van der Waals surface area contributed by atoms with Gasteiger partial charge in [-0.25, -0.2) is 8.98 Å². The summed E-state index contributed by atoms with van der Waals surface area (Å²) in [6, 6.07) is -0.784. The number of β-lactam (4-membered cyclic amide) rings is 1. The van der Waals surface area contributed by atoms with Crippen molar-refractivity contribution in [1.29, 1.82) is 0 Å². The van der Waals surface area contributed by atoms with E-state index in [1.807, 2.05) is 0 Å². The number of nitrogens with one attached hydrogen (secondary N) is 1. The zero-order valence-electron chi connectivity index (χ0n) is 14.5. The van der Waals surface area contributed by atoms with Crippen molar-refractivity contribution in [2.24, 2.45) is 5.92 Å². The van der Waals surface area contributed by atoms with Gasteiger partial charge in [0.05, 0.1) is 23.8 Å². The van der Waals surface area contributed by atoms with Crippen molar-refractivity contribution in [3.8, 4) is 0 Å². The lowest BCUT2D eigenvalue weighted by molar-refractivity contribution is -0.166. The van der Waals surface area contributed by atoms with Gasteiger partial charge in [-0.2, -0.15) is 8.42 Å². The molecule has 3 N–H and O–H groups in total. The van der Waals surface area contributed by atoms with E-state index in [0.29, 0.717) is 0 Å². The summed E-state index contributed by atoms with van der Waals surface area (Å²) in [4.78, 5) is 35.8. The number of rotatable bonds is 7. The van der Waals surface area contributed by atoms with Gasteiger partial charge < -0.3 is 15.0 Å². The highest BCUT2D eigenvalue weighted by Gasteiger charge is 2.63. The van der Waals surface area contributed by atoms with E-state index in [1.165, 1.54) is 20.8 Å². The summed E-state index contributed by atoms with van der Waals surface area (Å²) in [7, 11) is -4.85. The monoisotopic (exact) mass is 422 g/mol. The Morgan fingerprint density at radius 1 is 1.44 bits per heavy atom. The predicted molar refractivity (Wildman–Crippen MR) is 91.2 cm³/mol. The van der Waals surface area contributed by atoms with Crippen LogP contribution in [0.3, 0.4) is 0 Å². The Bertz CT molecular complexity index is 847. The van der Waals surface area contributed by atoms with Gasteiger partial charge in [0.25, 0.3) is 0 Å². The minimum atomic E-state index is -4.85. The van der Waals surface area contributed by atoms with E-state index in [9.17, 15) is 32.5 Å².